The van der Waals surface area contributed by atoms with Crippen LogP contribution in [0.1, 0.15) is 33.2 Å². The lowest BCUT2D eigenvalue weighted by Crippen LogP contribution is -2.48. The van der Waals surface area contributed by atoms with Crippen LogP contribution in [0, 0.1) is 5.92 Å². The Bertz CT molecular complexity index is 613. The van der Waals surface area contributed by atoms with Gasteiger partial charge in [-0.25, -0.2) is 9.48 Å². The number of halogens is 3. The van der Waals surface area contributed by atoms with E-state index >= 15 is 0 Å². The lowest BCUT2D eigenvalue weighted by atomic mass is 10.0. The molecule has 0 radical (unpaired) electrons. The van der Waals surface area contributed by atoms with Crippen molar-refractivity contribution in [3.8, 4) is 5.88 Å². The number of ether oxygens (including phenoxy) is 1. The topological polar surface area (TPSA) is 105 Å². The molecule has 1 aliphatic rings. The lowest BCUT2D eigenvalue weighted by Gasteiger charge is -2.25. The van der Waals surface area contributed by atoms with E-state index in [1.165, 1.54) is 0 Å². The van der Waals surface area contributed by atoms with Gasteiger partial charge in [0.05, 0.1) is 18.6 Å². The second-order valence-electron chi connectivity index (χ2n) is 5.90. The highest BCUT2D eigenvalue weighted by molar-refractivity contribution is 5.92. The smallest absolute Gasteiger partial charge is 0.478 e. The number of carbonyl (C=O) groups excluding carboxylic acids is 1. The average molecular weight is 380 g/mol. The Morgan fingerprint density at radius 1 is 1.46 bits per heavy atom. The molecule has 3 N–H and O–H groups in total. The largest absolute Gasteiger partial charge is 0.490 e. The number of aromatic nitrogens is 2. The van der Waals surface area contributed by atoms with Gasteiger partial charge in [-0.05, 0) is 20.3 Å². The monoisotopic (exact) mass is 380 g/mol. The maximum absolute atomic E-state index is 11.9. The quantitative estimate of drug-likeness (QED) is 0.698. The van der Waals surface area contributed by atoms with Crippen molar-refractivity contribution in [2.75, 3.05) is 25.0 Å². The van der Waals surface area contributed by atoms with Crippen LogP contribution in [-0.2, 0) is 9.59 Å². The molecule has 1 saturated heterocycles. The number of nitrogens with one attached hydrogen (secondary N) is 2. The van der Waals surface area contributed by atoms with E-state index in [0.717, 1.165) is 19.5 Å². The van der Waals surface area contributed by atoms with Crippen molar-refractivity contribution in [2.45, 2.75) is 39.4 Å². The number of carboxylic acid groups (broad SMARTS) is 1. The van der Waals surface area contributed by atoms with Crippen molar-refractivity contribution < 1.29 is 32.6 Å². The summed E-state index contributed by atoms with van der Waals surface area (Å²) in [4.78, 5) is 20.8. The third kappa shape index (κ3) is 6.54. The van der Waals surface area contributed by atoms with Crippen molar-refractivity contribution in [1.82, 2.24) is 15.1 Å². The van der Waals surface area contributed by atoms with E-state index in [1.807, 2.05) is 13.8 Å². The molecular formula is C15H23F3N4O4. The van der Waals surface area contributed by atoms with Gasteiger partial charge in [-0.3, -0.25) is 4.79 Å². The molecule has 2 heterocycles. The van der Waals surface area contributed by atoms with E-state index in [9.17, 15) is 18.0 Å². The fourth-order valence-electron chi connectivity index (χ4n) is 1.83. The normalized spacial score (nSPS) is 14.3. The molecule has 0 spiro atoms. The Kier molecular flexibility index (Phi) is 7.87. The van der Waals surface area contributed by atoms with E-state index < -0.39 is 12.1 Å². The summed E-state index contributed by atoms with van der Waals surface area (Å²) in [5, 5.41) is 17.4. The molecule has 0 aromatic carbocycles. The molecule has 0 bridgehead atoms. The second kappa shape index (κ2) is 9.41. The van der Waals surface area contributed by atoms with Gasteiger partial charge in [0.25, 0.3) is 0 Å². The van der Waals surface area contributed by atoms with Crippen LogP contribution in [0.3, 0.4) is 0 Å². The van der Waals surface area contributed by atoms with E-state index in [2.05, 4.69) is 22.7 Å². The van der Waals surface area contributed by atoms with Gasteiger partial charge in [-0.15, -0.1) is 0 Å². The third-order valence-electron chi connectivity index (χ3n) is 3.29. The molecule has 26 heavy (non-hydrogen) atoms. The Labute approximate surface area is 148 Å². The van der Waals surface area contributed by atoms with E-state index in [0.29, 0.717) is 18.3 Å². The molecule has 0 saturated carbocycles. The first kappa shape index (κ1) is 21.7. The molecule has 0 aliphatic carbocycles. The first-order valence-electron chi connectivity index (χ1n) is 8.10. The summed E-state index contributed by atoms with van der Waals surface area (Å²) in [6.45, 7) is 8.27. The summed E-state index contributed by atoms with van der Waals surface area (Å²) in [5.41, 5.74) is 0. The number of alkyl halides is 3. The number of aliphatic carboxylic acids is 1. The fraction of sp³-hybridized carbons (Fsp3) is 0.667. The SMILES string of the molecule is CCCOc1cc(NC(=O)C2CNC2)nn1C(C)C.O=C(O)C(F)(F)F. The van der Waals surface area contributed by atoms with Crippen LogP contribution in [0.15, 0.2) is 6.07 Å². The van der Waals surface area contributed by atoms with Crippen molar-refractivity contribution >= 4 is 17.7 Å². The number of carbonyl (C=O) groups is 2. The number of nitrogens with zero attached hydrogens (tertiary/aromatic N) is 2. The number of anilines is 1. The van der Waals surface area contributed by atoms with E-state index in [-0.39, 0.29) is 17.9 Å². The maximum Gasteiger partial charge on any atom is 0.490 e. The Morgan fingerprint density at radius 2 is 2.04 bits per heavy atom. The minimum Gasteiger partial charge on any atom is -0.478 e. The van der Waals surface area contributed by atoms with E-state index in [4.69, 9.17) is 14.6 Å². The first-order chi connectivity index (χ1) is 12.1. The van der Waals surface area contributed by atoms with Gasteiger partial charge in [-0.1, -0.05) is 6.92 Å². The Morgan fingerprint density at radius 3 is 2.42 bits per heavy atom. The van der Waals surface area contributed by atoms with Gasteiger partial charge >= 0.3 is 12.1 Å². The second-order valence-corrected chi connectivity index (χ2v) is 5.90. The predicted molar refractivity (Wildman–Crippen MR) is 87.1 cm³/mol. The van der Waals surface area contributed by atoms with Crippen LogP contribution in [0.5, 0.6) is 5.88 Å². The zero-order valence-electron chi connectivity index (χ0n) is 14.8. The highest BCUT2D eigenvalue weighted by Gasteiger charge is 2.38. The molecule has 1 aromatic heterocycles. The molecule has 1 aromatic rings. The van der Waals surface area contributed by atoms with Crippen LogP contribution in [0.2, 0.25) is 0 Å². The van der Waals surface area contributed by atoms with Crippen LogP contribution in [0.4, 0.5) is 19.0 Å². The van der Waals surface area contributed by atoms with Gasteiger partial charge < -0.3 is 20.5 Å². The summed E-state index contributed by atoms with van der Waals surface area (Å²) in [6.07, 6.45) is -4.14. The lowest BCUT2D eigenvalue weighted by molar-refractivity contribution is -0.192. The summed E-state index contributed by atoms with van der Waals surface area (Å²) in [6, 6.07) is 1.99. The minimum atomic E-state index is -5.08. The van der Waals surface area contributed by atoms with Crippen LogP contribution < -0.4 is 15.4 Å². The zero-order chi connectivity index (χ0) is 19.9. The first-order valence-corrected chi connectivity index (χ1v) is 8.10. The van der Waals surface area contributed by atoms with E-state index in [1.54, 1.807) is 10.7 Å². The summed E-state index contributed by atoms with van der Waals surface area (Å²) in [5.74, 6) is -1.40. The van der Waals surface area contributed by atoms with Gasteiger partial charge in [0.2, 0.25) is 11.8 Å². The highest BCUT2D eigenvalue weighted by Crippen LogP contribution is 2.22. The number of rotatable bonds is 6. The van der Waals surface area contributed by atoms with Gasteiger partial charge in [-0.2, -0.15) is 18.3 Å². The predicted octanol–water partition coefficient (Wildman–Crippen LogP) is 2.04. The zero-order valence-corrected chi connectivity index (χ0v) is 14.8. The average Bonchev–Trinajstić information content (AvgIpc) is 2.85. The fourth-order valence-corrected chi connectivity index (χ4v) is 1.83. The molecule has 1 fully saturated rings. The number of carboxylic acids is 1. The molecule has 11 heteroatoms. The highest BCUT2D eigenvalue weighted by atomic mass is 19.4. The van der Waals surface area contributed by atoms with Crippen molar-refractivity contribution in [2.24, 2.45) is 5.92 Å². The van der Waals surface area contributed by atoms with Crippen molar-refractivity contribution in [3.63, 3.8) is 0 Å². The molecule has 0 unspecified atom stereocenters. The molecule has 1 aliphatic heterocycles. The minimum absolute atomic E-state index is 0.0224. The number of amides is 1. The third-order valence-corrected chi connectivity index (χ3v) is 3.29. The molecule has 148 valence electrons. The molecule has 8 nitrogen and oxygen atoms in total. The van der Waals surface area contributed by atoms with Gasteiger partial charge in [0.1, 0.15) is 0 Å². The number of hydrogen-bond donors (Lipinski definition) is 3. The standard InChI is InChI=1S/C13H22N4O2.C2HF3O2/c1-4-5-19-12-6-11(16-17(12)9(2)3)15-13(18)10-7-14-8-10;3-2(4,5)1(6)7/h6,9-10,14H,4-5,7-8H2,1-3H3,(H,15,16,18);(H,6,7). The summed E-state index contributed by atoms with van der Waals surface area (Å²) < 4.78 is 39.2. The summed E-state index contributed by atoms with van der Waals surface area (Å²) >= 11 is 0. The molecular weight excluding hydrogens is 357 g/mol. The van der Waals surface area contributed by atoms with Crippen molar-refractivity contribution in [3.05, 3.63) is 6.07 Å². The van der Waals surface area contributed by atoms with Crippen molar-refractivity contribution in [1.29, 1.82) is 0 Å². The van der Waals surface area contributed by atoms with Gasteiger partial charge in [0, 0.05) is 19.2 Å². The summed E-state index contributed by atoms with van der Waals surface area (Å²) in [7, 11) is 0. The number of hydrogen-bond acceptors (Lipinski definition) is 5. The van der Waals surface area contributed by atoms with Crippen LogP contribution in [-0.4, -0.2) is 52.6 Å². The molecule has 0 atom stereocenters. The molecule has 1 amide bonds. The van der Waals surface area contributed by atoms with Crippen LogP contribution >= 0.6 is 0 Å². The Hall–Kier alpha value is -2.30. The van der Waals surface area contributed by atoms with Crippen LogP contribution in [0.25, 0.3) is 0 Å². The Balaban J connectivity index is 0.000000412. The van der Waals surface area contributed by atoms with Gasteiger partial charge in [0.15, 0.2) is 5.82 Å². The maximum atomic E-state index is 11.9. The molecule has 2 rings (SSSR count).